The molecule has 1 saturated carbocycles. The van der Waals surface area contributed by atoms with Crippen LogP contribution in [0.25, 0.3) is 0 Å². The van der Waals surface area contributed by atoms with Crippen molar-refractivity contribution in [2.75, 3.05) is 13.2 Å². The second-order valence-electron chi connectivity index (χ2n) is 15.2. The van der Waals surface area contributed by atoms with Gasteiger partial charge in [0.05, 0.1) is 6.61 Å². The lowest BCUT2D eigenvalue weighted by molar-refractivity contribution is -0.220. The van der Waals surface area contributed by atoms with Gasteiger partial charge in [-0.1, -0.05) is 146 Å². The molecule has 8 atom stereocenters. The van der Waals surface area contributed by atoms with Crippen LogP contribution in [-0.4, -0.2) is 98.3 Å². The summed E-state index contributed by atoms with van der Waals surface area (Å²) in [6.07, 6.45) is 26.0. The van der Waals surface area contributed by atoms with E-state index in [-0.39, 0.29) is 12.8 Å². The number of carbonyl (C=O) groups excluding carboxylic acids is 2. The van der Waals surface area contributed by atoms with Crippen LogP contribution in [0.15, 0.2) is 48.6 Å². The molecule has 1 aliphatic carbocycles. The van der Waals surface area contributed by atoms with Crippen molar-refractivity contribution in [1.82, 2.24) is 0 Å². The molecule has 336 valence electrons. The van der Waals surface area contributed by atoms with Gasteiger partial charge in [0.25, 0.3) is 0 Å². The number of rotatable bonds is 35. The Bertz CT molecular complexity index is 1210. The molecule has 0 aromatic rings. The molecule has 0 saturated heterocycles. The highest BCUT2D eigenvalue weighted by molar-refractivity contribution is 7.47. The van der Waals surface area contributed by atoms with E-state index in [1.165, 1.54) is 64.2 Å². The Kier molecular flexibility index (Phi) is 32.0. The molecular weight excluding hydrogens is 767 g/mol. The molecule has 1 aliphatic rings. The molecule has 6 N–H and O–H groups in total. The summed E-state index contributed by atoms with van der Waals surface area (Å²) in [6.45, 7) is 3.14. The standard InChI is InChI=1S/C44H77O13P/c1-3-5-7-9-11-13-15-17-19-21-23-25-27-29-31-33-38(46)56-36(35-55-58(52,53)57-44-42(50)40(48)39(47)41(49)43(44)51)34-54-37(45)32-30-28-26-24-22-20-18-16-14-12-10-8-6-4-2/h5,7,11,13,17,19,23,25,36,39-44,47-51H,3-4,6,8-10,12,14-16,18,20-22,24,26-35H2,1-2H3,(H,52,53)/b7-5-,13-11-,19-17-,25-23-/t36-,39?,40-,41?,42?,43?,44?/m1/s1. The molecule has 0 aromatic heterocycles. The van der Waals surface area contributed by atoms with Crippen LogP contribution in [0.4, 0.5) is 0 Å². The van der Waals surface area contributed by atoms with Crippen LogP contribution in [0, 0.1) is 0 Å². The first kappa shape index (κ1) is 53.8. The van der Waals surface area contributed by atoms with Crippen LogP contribution in [0.5, 0.6) is 0 Å². The van der Waals surface area contributed by atoms with E-state index in [2.05, 4.69) is 56.4 Å². The van der Waals surface area contributed by atoms with Gasteiger partial charge in [-0.05, 0) is 51.4 Å². The quantitative estimate of drug-likeness (QED) is 0.0155. The largest absolute Gasteiger partial charge is 0.472 e. The molecule has 1 rings (SSSR count). The van der Waals surface area contributed by atoms with Gasteiger partial charge in [-0.25, -0.2) is 4.57 Å². The second kappa shape index (κ2) is 34.5. The molecule has 0 heterocycles. The Morgan fingerprint density at radius 2 is 0.983 bits per heavy atom. The predicted molar refractivity (Wildman–Crippen MR) is 226 cm³/mol. The number of unbranched alkanes of at least 4 members (excludes halogenated alkanes) is 15. The van der Waals surface area contributed by atoms with E-state index >= 15 is 0 Å². The number of phosphoric acid groups is 1. The van der Waals surface area contributed by atoms with Crippen molar-refractivity contribution >= 4 is 19.8 Å². The van der Waals surface area contributed by atoms with Crippen LogP contribution in [0.1, 0.15) is 162 Å². The minimum atomic E-state index is -5.13. The average molecular weight is 845 g/mol. The number of esters is 2. The number of hydrogen-bond donors (Lipinski definition) is 6. The first-order chi connectivity index (χ1) is 27.9. The average Bonchev–Trinajstić information content (AvgIpc) is 3.20. The number of hydrogen-bond acceptors (Lipinski definition) is 12. The third kappa shape index (κ3) is 26.8. The zero-order chi connectivity index (χ0) is 42.9. The maximum Gasteiger partial charge on any atom is 0.472 e. The molecular formula is C44H77O13P. The summed E-state index contributed by atoms with van der Waals surface area (Å²) in [6, 6.07) is 0. The van der Waals surface area contributed by atoms with Crippen LogP contribution in [-0.2, 0) is 32.7 Å². The smallest absolute Gasteiger partial charge is 0.462 e. The van der Waals surface area contributed by atoms with E-state index in [1.807, 2.05) is 6.08 Å². The number of allylic oxidation sites excluding steroid dienone is 8. The van der Waals surface area contributed by atoms with E-state index in [4.69, 9.17) is 18.5 Å². The summed E-state index contributed by atoms with van der Waals surface area (Å²) >= 11 is 0. The fourth-order valence-corrected chi connectivity index (χ4v) is 7.37. The summed E-state index contributed by atoms with van der Waals surface area (Å²) in [5, 5.41) is 50.1. The van der Waals surface area contributed by atoms with E-state index in [0.717, 1.165) is 57.8 Å². The highest BCUT2D eigenvalue weighted by Gasteiger charge is 2.51. The second-order valence-corrected chi connectivity index (χ2v) is 16.6. The zero-order valence-electron chi connectivity index (χ0n) is 35.3. The maximum atomic E-state index is 12.8. The van der Waals surface area contributed by atoms with Crippen molar-refractivity contribution in [1.29, 1.82) is 0 Å². The molecule has 6 unspecified atom stereocenters. The minimum Gasteiger partial charge on any atom is -0.462 e. The van der Waals surface area contributed by atoms with Crippen LogP contribution in [0.2, 0.25) is 0 Å². The van der Waals surface area contributed by atoms with E-state index in [0.29, 0.717) is 12.8 Å². The van der Waals surface area contributed by atoms with Crippen LogP contribution in [0.3, 0.4) is 0 Å². The topological polar surface area (TPSA) is 210 Å². The van der Waals surface area contributed by atoms with Gasteiger partial charge >= 0.3 is 19.8 Å². The normalized spacial score (nSPS) is 23.0. The molecule has 0 aliphatic heterocycles. The molecule has 0 spiro atoms. The predicted octanol–water partition coefficient (Wildman–Crippen LogP) is 8.00. The van der Waals surface area contributed by atoms with E-state index in [9.17, 15) is 44.6 Å². The lowest BCUT2D eigenvalue weighted by Crippen LogP contribution is -2.64. The molecule has 14 heteroatoms. The molecule has 13 nitrogen and oxygen atoms in total. The van der Waals surface area contributed by atoms with Gasteiger partial charge < -0.3 is 39.9 Å². The van der Waals surface area contributed by atoms with Gasteiger partial charge in [0.1, 0.15) is 43.2 Å². The van der Waals surface area contributed by atoms with E-state index < -0.39 is 75.7 Å². The van der Waals surface area contributed by atoms with Gasteiger partial charge in [0, 0.05) is 12.8 Å². The summed E-state index contributed by atoms with van der Waals surface area (Å²) in [4.78, 5) is 35.6. The van der Waals surface area contributed by atoms with Gasteiger partial charge in [-0.15, -0.1) is 0 Å². The summed E-state index contributed by atoms with van der Waals surface area (Å²) in [7, 11) is -5.13. The Morgan fingerprint density at radius 1 is 0.552 bits per heavy atom. The van der Waals surface area contributed by atoms with Crippen molar-refractivity contribution in [3.05, 3.63) is 48.6 Å². The Hall–Kier alpha value is -2.19. The Balaban J connectivity index is 2.52. The van der Waals surface area contributed by atoms with E-state index in [1.54, 1.807) is 0 Å². The van der Waals surface area contributed by atoms with Gasteiger partial charge in [0.2, 0.25) is 0 Å². The SMILES string of the molecule is CC/C=C\C/C=C\C/C=C\C/C=C\CCCCC(=O)O[C@H](COC(=O)CCCCCCCCCCCCCCCC)COP(=O)(O)OC1C(O)C(O)C(O)[C@@H](O)C1O. The van der Waals surface area contributed by atoms with Crippen LogP contribution < -0.4 is 0 Å². The summed E-state index contributed by atoms with van der Waals surface area (Å²) in [5.74, 6) is -1.15. The molecule has 1 fully saturated rings. The minimum absolute atomic E-state index is 0.0445. The van der Waals surface area contributed by atoms with Crippen molar-refractivity contribution < 1.29 is 63.1 Å². The third-order valence-corrected chi connectivity index (χ3v) is 10.9. The molecule has 0 aromatic carbocycles. The summed E-state index contributed by atoms with van der Waals surface area (Å²) in [5.41, 5.74) is 0. The number of carbonyl (C=O) groups is 2. The molecule has 0 amide bonds. The Morgan fingerprint density at radius 3 is 1.50 bits per heavy atom. The molecule has 0 radical (unpaired) electrons. The Labute approximate surface area is 348 Å². The van der Waals surface area contributed by atoms with Gasteiger partial charge in [0.15, 0.2) is 6.10 Å². The first-order valence-corrected chi connectivity index (χ1v) is 23.4. The lowest BCUT2D eigenvalue weighted by atomic mass is 9.85. The summed E-state index contributed by atoms with van der Waals surface area (Å²) < 4.78 is 33.4. The van der Waals surface area contributed by atoms with Crippen LogP contribution >= 0.6 is 7.82 Å². The van der Waals surface area contributed by atoms with Gasteiger partial charge in [-0.2, -0.15) is 0 Å². The molecule has 58 heavy (non-hydrogen) atoms. The third-order valence-electron chi connectivity index (χ3n) is 9.93. The number of aliphatic hydroxyl groups is 5. The maximum absolute atomic E-state index is 12.8. The highest BCUT2D eigenvalue weighted by Crippen LogP contribution is 2.47. The highest BCUT2D eigenvalue weighted by atomic mass is 31.2. The fraction of sp³-hybridized carbons (Fsp3) is 0.773. The zero-order valence-corrected chi connectivity index (χ0v) is 36.2. The van der Waals surface area contributed by atoms with Crippen molar-refractivity contribution in [3.8, 4) is 0 Å². The van der Waals surface area contributed by atoms with Crippen molar-refractivity contribution in [2.45, 2.75) is 204 Å². The van der Waals surface area contributed by atoms with Crippen molar-refractivity contribution in [2.24, 2.45) is 0 Å². The van der Waals surface area contributed by atoms with Crippen molar-refractivity contribution in [3.63, 3.8) is 0 Å². The number of ether oxygens (including phenoxy) is 2. The fourth-order valence-electron chi connectivity index (χ4n) is 6.40. The lowest BCUT2D eigenvalue weighted by Gasteiger charge is -2.41. The van der Waals surface area contributed by atoms with Gasteiger partial charge in [-0.3, -0.25) is 18.6 Å². The number of aliphatic hydroxyl groups excluding tert-OH is 5. The number of phosphoric ester groups is 1. The first-order valence-electron chi connectivity index (χ1n) is 21.9. The monoisotopic (exact) mass is 845 g/mol. The molecule has 0 bridgehead atoms.